The van der Waals surface area contributed by atoms with Crippen LogP contribution in [0.4, 0.5) is 0 Å². The fourth-order valence-corrected chi connectivity index (χ4v) is 7.27. The first-order valence-electron chi connectivity index (χ1n) is 12.6. The van der Waals surface area contributed by atoms with Gasteiger partial charge in [-0.25, -0.2) is 0 Å². The number of ether oxygens (including phenoxy) is 1. The smallest absolute Gasteiger partial charge is 0.123 e. The summed E-state index contributed by atoms with van der Waals surface area (Å²) in [6, 6.07) is 15.9. The second-order valence-corrected chi connectivity index (χ2v) is 15.3. The van der Waals surface area contributed by atoms with E-state index in [1.807, 2.05) is 6.08 Å². The number of benzene rings is 2. The van der Waals surface area contributed by atoms with Gasteiger partial charge in [-0.15, -0.1) is 0 Å². The Morgan fingerprint density at radius 2 is 1.50 bits per heavy atom. The van der Waals surface area contributed by atoms with Crippen molar-refractivity contribution in [3.8, 4) is 16.9 Å². The first kappa shape index (κ1) is 22.0. The molecule has 4 aliphatic rings. The van der Waals surface area contributed by atoms with Crippen LogP contribution in [-0.2, 0) is 5.41 Å². The van der Waals surface area contributed by atoms with Crippen LogP contribution in [0.3, 0.4) is 0 Å². The predicted octanol–water partition coefficient (Wildman–Crippen LogP) is 8.38. The lowest BCUT2D eigenvalue weighted by Crippen LogP contribution is -2.48. The zero-order valence-electron chi connectivity index (χ0n) is 20.4. The van der Waals surface area contributed by atoms with Crippen LogP contribution in [0.25, 0.3) is 17.2 Å². The van der Waals surface area contributed by atoms with E-state index in [0.717, 1.165) is 30.1 Å². The molecular weight excluding hydrogens is 404 g/mol. The number of hydrogen-bond donors (Lipinski definition) is 0. The SMILES string of the molecule is C=Cc1ccc(-c2ccc(OCC(C)(C)[Si](C)C)c(C34CC5CC(CC(C5)C3)C4)c2)cc1. The van der Waals surface area contributed by atoms with Gasteiger partial charge >= 0.3 is 0 Å². The van der Waals surface area contributed by atoms with Crippen LogP contribution in [0.5, 0.6) is 5.75 Å². The van der Waals surface area contributed by atoms with Crippen LogP contribution in [0.2, 0.25) is 18.1 Å². The molecule has 0 amide bonds. The molecule has 2 aromatic rings. The zero-order valence-corrected chi connectivity index (χ0v) is 21.4. The third kappa shape index (κ3) is 4.00. The molecule has 0 atom stereocenters. The van der Waals surface area contributed by atoms with Gasteiger partial charge < -0.3 is 4.74 Å². The monoisotopic (exact) mass is 443 g/mol. The van der Waals surface area contributed by atoms with Crippen molar-refractivity contribution in [2.45, 2.75) is 75.9 Å². The Morgan fingerprint density at radius 1 is 0.938 bits per heavy atom. The lowest BCUT2D eigenvalue weighted by molar-refractivity contribution is -0.00645. The Hall–Kier alpha value is -1.80. The molecule has 2 aromatic carbocycles. The quantitative estimate of drug-likeness (QED) is 0.390. The van der Waals surface area contributed by atoms with Gasteiger partial charge in [0, 0.05) is 5.56 Å². The van der Waals surface area contributed by atoms with Crippen molar-refractivity contribution in [1.82, 2.24) is 0 Å². The van der Waals surface area contributed by atoms with E-state index in [2.05, 4.69) is 76.0 Å². The molecule has 0 unspecified atom stereocenters. The molecule has 4 saturated carbocycles. The van der Waals surface area contributed by atoms with Crippen molar-refractivity contribution in [3.05, 3.63) is 60.2 Å². The Bertz CT molecular complexity index is 949. The normalized spacial score (nSPS) is 28.8. The van der Waals surface area contributed by atoms with Gasteiger partial charge in [0.1, 0.15) is 5.75 Å². The minimum atomic E-state index is -0.427. The molecule has 4 aliphatic carbocycles. The molecule has 0 aromatic heterocycles. The number of hydrogen-bond acceptors (Lipinski definition) is 1. The summed E-state index contributed by atoms with van der Waals surface area (Å²) in [6.45, 7) is 14.3. The van der Waals surface area contributed by atoms with E-state index < -0.39 is 8.80 Å². The van der Waals surface area contributed by atoms with Crippen LogP contribution in [0.15, 0.2) is 49.0 Å². The molecule has 0 heterocycles. The van der Waals surface area contributed by atoms with Crippen molar-refractivity contribution in [1.29, 1.82) is 0 Å². The zero-order chi connectivity index (χ0) is 22.5. The highest BCUT2D eigenvalue weighted by atomic mass is 28.3. The van der Waals surface area contributed by atoms with Gasteiger partial charge in [0.15, 0.2) is 0 Å². The largest absolute Gasteiger partial charge is 0.493 e. The maximum atomic E-state index is 6.69. The van der Waals surface area contributed by atoms with Crippen LogP contribution in [0.1, 0.15) is 63.5 Å². The van der Waals surface area contributed by atoms with Crippen molar-refractivity contribution < 1.29 is 4.74 Å². The molecule has 0 aliphatic heterocycles. The van der Waals surface area contributed by atoms with Crippen LogP contribution >= 0.6 is 0 Å². The van der Waals surface area contributed by atoms with E-state index in [9.17, 15) is 0 Å². The first-order chi connectivity index (χ1) is 15.3. The summed E-state index contributed by atoms with van der Waals surface area (Å²) in [5, 5.41) is 0.266. The highest BCUT2D eigenvalue weighted by Gasteiger charge is 2.52. The van der Waals surface area contributed by atoms with Crippen molar-refractivity contribution in [2.75, 3.05) is 6.61 Å². The lowest BCUT2D eigenvalue weighted by Gasteiger charge is -2.57. The van der Waals surface area contributed by atoms with E-state index in [4.69, 9.17) is 4.74 Å². The van der Waals surface area contributed by atoms with Gasteiger partial charge in [-0.05, 0) is 95.6 Å². The van der Waals surface area contributed by atoms with Crippen molar-refractivity contribution in [3.63, 3.8) is 0 Å². The second-order valence-electron chi connectivity index (χ2n) is 11.9. The van der Waals surface area contributed by atoms with Gasteiger partial charge in [-0.2, -0.15) is 0 Å². The van der Waals surface area contributed by atoms with Gasteiger partial charge in [-0.1, -0.05) is 69.9 Å². The van der Waals surface area contributed by atoms with Gasteiger partial charge in [0.2, 0.25) is 0 Å². The molecule has 1 radical (unpaired) electrons. The Labute approximate surface area is 196 Å². The van der Waals surface area contributed by atoms with E-state index in [-0.39, 0.29) is 5.04 Å². The van der Waals surface area contributed by atoms with Crippen LogP contribution in [0, 0.1) is 17.8 Å². The maximum absolute atomic E-state index is 6.69. The van der Waals surface area contributed by atoms with Gasteiger partial charge in [-0.3, -0.25) is 0 Å². The first-order valence-corrected chi connectivity index (χ1v) is 15.1. The summed E-state index contributed by atoms with van der Waals surface area (Å²) in [5.41, 5.74) is 5.64. The molecule has 0 spiro atoms. The fraction of sp³-hybridized carbons (Fsp3) is 0.533. The predicted molar refractivity (Wildman–Crippen MR) is 139 cm³/mol. The van der Waals surface area contributed by atoms with Crippen LogP contribution in [-0.4, -0.2) is 15.4 Å². The molecule has 2 heteroatoms. The Morgan fingerprint density at radius 3 is 2.03 bits per heavy atom. The molecular formula is C30H39OSi. The average molecular weight is 444 g/mol. The molecule has 6 rings (SSSR count). The maximum Gasteiger partial charge on any atom is 0.123 e. The summed E-state index contributed by atoms with van der Waals surface area (Å²) < 4.78 is 6.69. The summed E-state index contributed by atoms with van der Waals surface area (Å²) in [7, 11) is -0.427. The standard InChI is InChI=1S/C30H39OSi/c1-6-21-7-9-25(10-8-21)26-11-12-28(31-20-29(2,3)32(4)5)27(16-26)30-17-22-13-23(18-30)15-24(14-22)19-30/h6-12,16,22-24H,1,13-15,17-20H2,2-5H3. The molecule has 32 heavy (non-hydrogen) atoms. The Balaban J connectivity index is 1.54. The van der Waals surface area contributed by atoms with E-state index in [1.54, 1.807) is 0 Å². The van der Waals surface area contributed by atoms with Crippen molar-refractivity contribution >= 4 is 14.9 Å². The van der Waals surface area contributed by atoms with E-state index in [1.165, 1.54) is 60.8 Å². The van der Waals surface area contributed by atoms with E-state index >= 15 is 0 Å². The average Bonchev–Trinajstić information content (AvgIpc) is 2.77. The summed E-state index contributed by atoms with van der Waals surface area (Å²) in [4.78, 5) is 0. The highest BCUT2D eigenvalue weighted by Crippen LogP contribution is 2.62. The lowest BCUT2D eigenvalue weighted by atomic mass is 9.48. The van der Waals surface area contributed by atoms with Gasteiger partial charge in [0.25, 0.3) is 0 Å². The second kappa shape index (κ2) is 8.20. The topological polar surface area (TPSA) is 9.23 Å². The molecule has 0 N–H and O–H groups in total. The molecule has 169 valence electrons. The fourth-order valence-electron chi connectivity index (χ4n) is 6.90. The molecule has 0 saturated heterocycles. The number of rotatable bonds is 7. The third-order valence-electron chi connectivity index (χ3n) is 9.01. The highest BCUT2D eigenvalue weighted by molar-refractivity contribution is 6.59. The molecule has 4 fully saturated rings. The minimum absolute atomic E-state index is 0.266. The summed E-state index contributed by atoms with van der Waals surface area (Å²) in [5.74, 6) is 3.96. The van der Waals surface area contributed by atoms with E-state index in [0.29, 0.717) is 5.41 Å². The van der Waals surface area contributed by atoms with Gasteiger partial charge in [0.05, 0.1) is 15.4 Å². The summed E-state index contributed by atoms with van der Waals surface area (Å²) >= 11 is 0. The molecule has 4 bridgehead atoms. The Kier molecular flexibility index (Phi) is 5.64. The third-order valence-corrected chi connectivity index (χ3v) is 11.9. The van der Waals surface area contributed by atoms with Crippen molar-refractivity contribution in [2.24, 2.45) is 17.8 Å². The van der Waals surface area contributed by atoms with Crippen LogP contribution < -0.4 is 4.74 Å². The summed E-state index contributed by atoms with van der Waals surface area (Å²) in [6.07, 6.45) is 10.4. The minimum Gasteiger partial charge on any atom is -0.493 e. The molecule has 1 nitrogen and oxygen atoms in total.